The molecule has 0 spiro atoms. The first-order valence-electron chi connectivity index (χ1n) is 6.86. The molecular formula is C15H22BrNO2. The molecule has 2 rings (SSSR count). The van der Waals surface area contributed by atoms with Gasteiger partial charge in [0, 0.05) is 24.2 Å². The molecule has 1 saturated carbocycles. The zero-order valence-corrected chi connectivity index (χ0v) is 12.9. The Balaban J connectivity index is 1.61. The van der Waals surface area contributed by atoms with Crippen LogP contribution >= 0.6 is 15.9 Å². The predicted octanol–water partition coefficient (Wildman–Crippen LogP) is 2.63. The highest BCUT2D eigenvalue weighted by Gasteiger charge is 2.21. The summed E-state index contributed by atoms with van der Waals surface area (Å²) in [6, 6.07) is 6.24. The van der Waals surface area contributed by atoms with E-state index in [2.05, 4.69) is 40.3 Å². The van der Waals surface area contributed by atoms with Crippen molar-refractivity contribution in [1.82, 2.24) is 5.32 Å². The summed E-state index contributed by atoms with van der Waals surface area (Å²) in [5, 5.41) is 13.0. The van der Waals surface area contributed by atoms with Crippen molar-refractivity contribution in [2.75, 3.05) is 19.8 Å². The quantitative estimate of drug-likeness (QED) is 0.771. The molecule has 0 bridgehead atoms. The summed E-state index contributed by atoms with van der Waals surface area (Å²) in [5.41, 5.74) is 2.51. The van der Waals surface area contributed by atoms with Gasteiger partial charge in [0.15, 0.2) is 0 Å². The molecule has 1 atom stereocenters. The van der Waals surface area contributed by atoms with Crippen LogP contribution in [0, 0.1) is 12.8 Å². The Hall–Kier alpha value is -0.420. The van der Waals surface area contributed by atoms with Crippen LogP contribution in [0.1, 0.15) is 24.0 Å². The largest absolute Gasteiger partial charge is 0.389 e. The van der Waals surface area contributed by atoms with E-state index in [1.807, 2.05) is 6.07 Å². The van der Waals surface area contributed by atoms with E-state index in [-0.39, 0.29) is 0 Å². The van der Waals surface area contributed by atoms with E-state index in [1.165, 1.54) is 24.0 Å². The fourth-order valence-electron chi connectivity index (χ4n) is 1.95. The van der Waals surface area contributed by atoms with Crippen molar-refractivity contribution >= 4 is 15.9 Å². The molecule has 0 aliphatic heterocycles. The monoisotopic (exact) mass is 327 g/mol. The number of halogens is 1. The van der Waals surface area contributed by atoms with Crippen LogP contribution in [0.15, 0.2) is 22.7 Å². The molecule has 0 heterocycles. The Morgan fingerprint density at radius 2 is 2.26 bits per heavy atom. The maximum Gasteiger partial charge on any atom is 0.0897 e. The van der Waals surface area contributed by atoms with Crippen LogP contribution in [0.3, 0.4) is 0 Å². The third-order valence-corrected chi connectivity index (χ3v) is 3.85. The molecule has 4 heteroatoms. The molecule has 106 valence electrons. The van der Waals surface area contributed by atoms with Crippen LogP contribution in [0.4, 0.5) is 0 Å². The molecule has 0 radical (unpaired) electrons. The third-order valence-electron chi connectivity index (χ3n) is 3.36. The van der Waals surface area contributed by atoms with Crippen LogP contribution < -0.4 is 5.32 Å². The summed E-state index contributed by atoms with van der Waals surface area (Å²) >= 11 is 3.46. The molecule has 3 nitrogen and oxygen atoms in total. The highest BCUT2D eigenvalue weighted by Crippen LogP contribution is 2.28. The van der Waals surface area contributed by atoms with Crippen LogP contribution in [0.2, 0.25) is 0 Å². The summed E-state index contributed by atoms with van der Waals surface area (Å²) < 4.78 is 6.56. The molecule has 1 aromatic rings. The minimum absolute atomic E-state index is 0.422. The van der Waals surface area contributed by atoms with Crippen molar-refractivity contribution in [2.24, 2.45) is 5.92 Å². The van der Waals surface area contributed by atoms with E-state index >= 15 is 0 Å². The molecule has 1 fully saturated rings. The molecule has 1 aliphatic carbocycles. The number of hydrogen-bond donors (Lipinski definition) is 2. The Morgan fingerprint density at radius 3 is 2.95 bits per heavy atom. The van der Waals surface area contributed by atoms with Gasteiger partial charge in [0.2, 0.25) is 0 Å². The standard InChI is InChI=1S/C15H22BrNO2/c1-11-6-14(16)5-4-13(11)7-17-8-15(18)10-19-9-12-2-3-12/h4-6,12,15,17-18H,2-3,7-10H2,1H3. The summed E-state index contributed by atoms with van der Waals surface area (Å²) in [6.07, 6.45) is 2.16. The van der Waals surface area contributed by atoms with Crippen molar-refractivity contribution in [3.8, 4) is 0 Å². The number of aliphatic hydroxyl groups excluding tert-OH is 1. The minimum Gasteiger partial charge on any atom is -0.389 e. The first kappa shape index (κ1) is 15.0. The first-order chi connectivity index (χ1) is 9.15. The molecule has 19 heavy (non-hydrogen) atoms. The van der Waals surface area contributed by atoms with Crippen LogP contribution in [0.5, 0.6) is 0 Å². The van der Waals surface area contributed by atoms with Crippen molar-refractivity contribution in [2.45, 2.75) is 32.4 Å². The summed E-state index contributed by atoms with van der Waals surface area (Å²) in [6.45, 7) is 4.68. The molecule has 1 aliphatic rings. The number of aliphatic hydroxyl groups is 1. The van der Waals surface area contributed by atoms with Crippen molar-refractivity contribution in [1.29, 1.82) is 0 Å². The van der Waals surface area contributed by atoms with Gasteiger partial charge in [0.1, 0.15) is 0 Å². The maximum atomic E-state index is 9.78. The van der Waals surface area contributed by atoms with Gasteiger partial charge in [-0.15, -0.1) is 0 Å². The molecule has 0 amide bonds. The number of ether oxygens (including phenoxy) is 1. The second-order valence-electron chi connectivity index (χ2n) is 5.34. The van der Waals surface area contributed by atoms with E-state index in [4.69, 9.17) is 4.74 Å². The average Bonchev–Trinajstić information content (AvgIpc) is 3.16. The van der Waals surface area contributed by atoms with E-state index < -0.39 is 6.10 Å². The summed E-state index contributed by atoms with van der Waals surface area (Å²) in [7, 11) is 0. The first-order valence-corrected chi connectivity index (χ1v) is 7.66. The predicted molar refractivity (Wildman–Crippen MR) is 80.1 cm³/mol. The number of rotatable bonds is 8. The fourth-order valence-corrected chi connectivity index (χ4v) is 2.42. The second-order valence-corrected chi connectivity index (χ2v) is 6.25. The highest BCUT2D eigenvalue weighted by atomic mass is 79.9. The van der Waals surface area contributed by atoms with Crippen molar-refractivity contribution < 1.29 is 9.84 Å². The Kier molecular flexibility index (Phi) is 5.82. The Morgan fingerprint density at radius 1 is 1.47 bits per heavy atom. The van der Waals surface area contributed by atoms with Gasteiger partial charge in [-0.05, 0) is 48.9 Å². The van der Waals surface area contributed by atoms with Gasteiger partial charge < -0.3 is 15.2 Å². The van der Waals surface area contributed by atoms with Crippen LogP contribution in [0.25, 0.3) is 0 Å². The molecule has 1 unspecified atom stereocenters. The van der Waals surface area contributed by atoms with Gasteiger partial charge in [-0.3, -0.25) is 0 Å². The Labute approximate surface area is 123 Å². The zero-order chi connectivity index (χ0) is 13.7. The van der Waals surface area contributed by atoms with E-state index in [0.29, 0.717) is 13.2 Å². The Bertz CT molecular complexity index is 407. The number of hydrogen-bond acceptors (Lipinski definition) is 3. The van der Waals surface area contributed by atoms with Gasteiger partial charge in [-0.25, -0.2) is 0 Å². The van der Waals surface area contributed by atoms with Crippen LogP contribution in [-0.2, 0) is 11.3 Å². The lowest BCUT2D eigenvalue weighted by atomic mass is 10.1. The number of nitrogens with one attached hydrogen (secondary N) is 1. The average molecular weight is 328 g/mol. The van der Waals surface area contributed by atoms with E-state index in [1.54, 1.807) is 0 Å². The maximum absolute atomic E-state index is 9.78. The van der Waals surface area contributed by atoms with Crippen molar-refractivity contribution in [3.63, 3.8) is 0 Å². The number of benzene rings is 1. The molecule has 1 aromatic carbocycles. The van der Waals surface area contributed by atoms with E-state index in [9.17, 15) is 5.11 Å². The van der Waals surface area contributed by atoms with Gasteiger partial charge in [-0.1, -0.05) is 22.0 Å². The third kappa shape index (κ3) is 5.61. The molecule has 0 saturated heterocycles. The molecular weight excluding hydrogens is 306 g/mol. The summed E-state index contributed by atoms with van der Waals surface area (Å²) in [5.74, 6) is 0.755. The molecule has 0 aromatic heterocycles. The normalized spacial score (nSPS) is 16.6. The minimum atomic E-state index is -0.422. The van der Waals surface area contributed by atoms with Gasteiger partial charge in [-0.2, -0.15) is 0 Å². The smallest absolute Gasteiger partial charge is 0.0897 e. The van der Waals surface area contributed by atoms with Gasteiger partial charge >= 0.3 is 0 Å². The SMILES string of the molecule is Cc1cc(Br)ccc1CNCC(O)COCC1CC1. The zero-order valence-electron chi connectivity index (χ0n) is 11.4. The number of aryl methyl sites for hydroxylation is 1. The van der Waals surface area contributed by atoms with E-state index in [0.717, 1.165) is 23.5 Å². The molecule has 2 N–H and O–H groups in total. The van der Waals surface area contributed by atoms with Crippen molar-refractivity contribution in [3.05, 3.63) is 33.8 Å². The van der Waals surface area contributed by atoms with Crippen LogP contribution in [-0.4, -0.2) is 31.0 Å². The lowest BCUT2D eigenvalue weighted by Crippen LogP contribution is -2.30. The lowest BCUT2D eigenvalue weighted by molar-refractivity contribution is 0.0324. The fraction of sp³-hybridized carbons (Fsp3) is 0.600. The topological polar surface area (TPSA) is 41.5 Å². The second kappa shape index (κ2) is 7.39. The van der Waals surface area contributed by atoms with Gasteiger partial charge in [0.05, 0.1) is 12.7 Å². The summed E-state index contributed by atoms with van der Waals surface area (Å²) in [4.78, 5) is 0. The van der Waals surface area contributed by atoms with Gasteiger partial charge in [0.25, 0.3) is 0 Å². The highest BCUT2D eigenvalue weighted by molar-refractivity contribution is 9.10. The lowest BCUT2D eigenvalue weighted by Gasteiger charge is -2.13.